The van der Waals surface area contributed by atoms with Crippen LogP contribution in [0.25, 0.3) is 6.08 Å². The van der Waals surface area contributed by atoms with Crippen molar-refractivity contribution in [1.29, 1.82) is 0 Å². The van der Waals surface area contributed by atoms with Gasteiger partial charge in [0.05, 0.1) is 11.3 Å². The minimum absolute atomic E-state index is 0.0122. The molecule has 84 valence electrons. The van der Waals surface area contributed by atoms with Crippen LogP contribution in [0.1, 0.15) is 34.0 Å². The van der Waals surface area contributed by atoms with E-state index in [2.05, 4.69) is 0 Å². The van der Waals surface area contributed by atoms with E-state index in [1.165, 1.54) is 0 Å². The zero-order chi connectivity index (χ0) is 11.9. The monoisotopic (exact) mass is 220 g/mol. The average molecular weight is 220 g/mol. The Bertz CT molecular complexity index is 500. The topological polar surface area (TPSA) is 66.8 Å². The maximum absolute atomic E-state index is 11.0. The summed E-state index contributed by atoms with van der Waals surface area (Å²) in [6.07, 6.45) is 2.23. The highest BCUT2D eigenvalue weighted by Gasteiger charge is 2.22. The molecule has 4 heteroatoms. The van der Waals surface area contributed by atoms with Gasteiger partial charge in [0, 0.05) is 16.7 Å². The van der Waals surface area contributed by atoms with Crippen LogP contribution in [0.3, 0.4) is 0 Å². The molecule has 2 N–H and O–H groups in total. The number of phenols is 2. The van der Waals surface area contributed by atoms with E-state index in [9.17, 15) is 15.0 Å². The average Bonchev–Trinajstić information content (AvgIpc) is 2.27. The van der Waals surface area contributed by atoms with E-state index in [0.29, 0.717) is 28.7 Å². The third-order valence-electron chi connectivity index (χ3n) is 2.78. The second-order valence-electron chi connectivity index (χ2n) is 3.79. The molecule has 4 nitrogen and oxygen atoms in total. The molecular weight excluding hydrogens is 208 g/mol. The van der Waals surface area contributed by atoms with Crippen molar-refractivity contribution in [3.63, 3.8) is 0 Å². The fraction of sp³-hybridized carbons (Fsp3) is 0.250. The number of rotatable bonds is 1. The van der Waals surface area contributed by atoms with E-state index in [1.54, 1.807) is 19.9 Å². The van der Waals surface area contributed by atoms with Gasteiger partial charge in [-0.25, -0.2) is 0 Å². The number of fused-ring (bicyclic) bond motifs is 1. The Balaban J connectivity index is 2.83. The van der Waals surface area contributed by atoms with E-state index in [-0.39, 0.29) is 23.7 Å². The van der Waals surface area contributed by atoms with Crippen LogP contribution in [0.15, 0.2) is 5.76 Å². The van der Waals surface area contributed by atoms with Crippen LogP contribution in [-0.4, -0.2) is 16.5 Å². The Morgan fingerprint density at radius 3 is 2.62 bits per heavy atom. The molecule has 1 aromatic carbocycles. The van der Waals surface area contributed by atoms with Gasteiger partial charge in [-0.15, -0.1) is 0 Å². The van der Waals surface area contributed by atoms with Crippen molar-refractivity contribution in [2.45, 2.75) is 20.5 Å². The third kappa shape index (κ3) is 1.34. The second kappa shape index (κ2) is 3.56. The van der Waals surface area contributed by atoms with Crippen LogP contribution in [0.4, 0.5) is 0 Å². The molecule has 1 aliphatic heterocycles. The predicted molar refractivity (Wildman–Crippen MR) is 58.3 cm³/mol. The van der Waals surface area contributed by atoms with E-state index < -0.39 is 0 Å². The van der Waals surface area contributed by atoms with Crippen molar-refractivity contribution in [2.24, 2.45) is 0 Å². The molecule has 0 fully saturated rings. The molecule has 1 aliphatic rings. The maximum Gasteiger partial charge on any atom is 0.154 e. The highest BCUT2D eigenvalue weighted by Crippen LogP contribution is 2.39. The molecule has 1 aromatic rings. The first-order chi connectivity index (χ1) is 7.56. The molecule has 0 saturated heterocycles. The predicted octanol–water partition coefficient (Wildman–Crippen LogP) is 2.11. The van der Waals surface area contributed by atoms with Gasteiger partial charge >= 0.3 is 0 Å². The number of benzene rings is 1. The molecule has 0 bridgehead atoms. The van der Waals surface area contributed by atoms with Crippen molar-refractivity contribution in [2.75, 3.05) is 0 Å². The summed E-state index contributed by atoms with van der Waals surface area (Å²) in [6.45, 7) is 3.53. The maximum atomic E-state index is 11.0. The van der Waals surface area contributed by atoms with Gasteiger partial charge in [0.25, 0.3) is 0 Å². The lowest BCUT2D eigenvalue weighted by Gasteiger charge is -2.20. The molecule has 0 aliphatic carbocycles. The molecule has 16 heavy (non-hydrogen) atoms. The minimum atomic E-state index is -0.169. The highest BCUT2D eigenvalue weighted by atomic mass is 16.5. The first kappa shape index (κ1) is 10.5. The third-order valence-corrected chi connectivity index (χ3v) is 2.78. The van der Waals surface area contributed by atoms with Gasteiger partial charge in [-0.3, -0.25) is 4.79 Å². The highest BCUT2D eigenvalue weighted by molar-refractivity contribution is 5.89. The summed E-state index contributed by atoms with van der Waals surface area (Å²) in [5, 5.41) is 19.6. The summed E-state index contributed by atoms with van der Waals surface area (Å²) in [5.41, 5.74) is 1.59. The molecule has 0 saturated carbocycles. The molecule has 0 amide bonds. The molecule has 1 heterocycles. The lowest BCUT2D eigenvalue weighted by atomic mass is 9.94. The van der Waals surface area contributed by atoms with Crippen molar-refractivity contribution < 1.29 is 19.7 Å². The van der Waals surface area contributed by atoms with Crippen LogP contribution >= 0.6 is 0 Å². The zero-order valence-electron chi connectivity index (χ0n) is 9.07. The molecule has 2 rings (SSSR count). The number of allylic oxidation sites excluding steroid dienone is 1. The smallest absolute Gasteiger partial charge is 0.154 e. The number of hydrogen-bond donors (Lipinski definition) is 2. The number of ether oxygens (including phenoxy) is 1. The zero-order valence-corrected chi connectivity index (χ0v) is 9.07. The standard InChI is InChI=1S/C12H12O4/c1-6-3-8-9(4-13)11(14)7(2)12(15)10(8)5-16-6/h3-4,14-15H,5H2,1-2H3. The summed E-state index contributed by atoms with van der Waals surface area (Å²) in [7, 11) is 0. The van der Waals surface area contributed by atoms with Crippen LogP contribution in [0.2, 0.25) is 0 Å². The molecular formula is C12H12O4. The number of carbonyl (C=O) groups excluding carboxylic acids is 1. The first-order valence-corrected chi connectivity index (χ1v) is 4.90. The summed E-state index contributed by atoms with van der Waals surface area (Å²) in [4.78, 5) is 11.0. The van der Waals surface area contributed by atoms with E-state index in [1.807, 2.05) is 0 Å². The van der Waals surface area contributed by atoms with Gasteiger partial charge < -0.3 is 14.9 Å². The Morgan fingerprint density at radius 2 is 2.00 bits per heavy atom. The molecule has 0 aromatic heterocycles. The van der Waals surface area contributed by atoms with Crippen LogP contribution in [0, 0.1) is 6.92 Å². The summed E-state index contributed by atoms with van der Waals surface area (Å²) < 4.78 is 5.28. The SMILES string of the molecule is CC1=Cc2c(C=O)c(O)c(C)c(O)c2CO1. The normalized spacial score (nSPS) is 13.8. The van der Waals surface area contributed by atoms with E-state index in [0.717, 1.165) is 0 Å². The lowest BCUT2D eigenvalue weighted by molar-refractivity contribution is 0.112. The van der Waals surface area contributed by atoms with Crippen LogP contribution < -0.4 is 0 Å². The number of carbonyl (C=O) groups is 1. The Morgan fingerprint density at radius 1 is 1.31 bits per heavy atom. The van der Waals surface area contributed by atoms with Crippen LogP contribution in [0.5, 0.6) is 11.5 Å². The number of phenolic OH excluding ortho intramolecular Hbond substituents is 2. The number of hydrogen-bond acceptors (Lipinski definition) is 4. The van der Waals surface area contributed by atoms with Crippen molar-refractivity contribution in [3.05, 3.63) is 28.0 Å². The van der Waals surface area contributed by atoms with Crippen molar-refractivity contribution >= 4 is 12.4 Å². The first-order valence-electron chi connectivity index (χ1n) is 4.90. The Hall–Kier alpha value is -1.97. The van der Waals surface area contributed by atoms with Gasteiger partial charge in [0.1, 0.15) is 18.1 Å². The number of aldehydes is 1. The summed E-state index contributed by atoms with van der Waals surface area (Å²) in [6, 6.07) is 0. The molecule has 0 atom stereocenters. The van der Waals surface area contributed by atoms with Gasteiger partial charge in [-0.1, -0.05) is 0 Å². The molecule has 0 spiro atoms. The Labute approximate surface area is 92.8 Å². The molecule has 0 unspecified atom stereocenters. The summed E-state index contributed by atoms with van der Waals surface area (Å²) >= 11 is 0. The van der Waals surface area contributed by atoms with Crippen molar-refractivity contribution in [3.8, 4) is 11.5 Å². The van der Waals surface area contributed by atoms with Gasteiger partial charge in [-0.05, 0) is 19.9 Å². The van der Waals surface area contributed by atoms with E-state index >= 15 is 0 Å². The lowest BCUT2D eigenvalue weighted by Crippen LogP contribution is -2.05. The Kier molecular flexibility index (Phi) is 2.34. The number of aromatic hydroxyl groups is 2. The quantitative estimate of drug-likeness (QED) is 0.711. The second-order valence-corrected chi connectivity index (χ2v) is 3.79. The molecule has 0 radical (unpaired) electrons. The fourth-order valence-corrected chi connectivity index (χ4v) is 1.82. The fourth-order valence-electron chi connectivity index (χ4n) is 1.82. The van der Waals surface area contributed by atoms with Crippen molar-refractivity contribution in [1.82, 2.24) is 0 Å². The van der Waals surface area contributed by atoms with Gasteiger partial charge in [-0.2, -0.15) is 0 Å². The minimum Gasteiger partial charge on any atom is -0.507 e. The largest absolute Gasteiger partial charge is 0.507 e. The van der Waals surface area contributed by atoms with Crippen LogP contribution in [-0.2, 0) is 11.3 Å². The van der Waals surface area contributed by atoms with Gasteiger partial charge in [0.2, 0.25) is 0 Å². The van der Waals surface area contributed by atoms with E-state index in [4.69, 9.17) is 4.74 Å². The van der Waals surface area contributed by atoms with Gasteiger partial charge in [0.15, 0.2) is 6.29 Å². The summed E-state index contributed by atoms with van der Waals surface area (Å²) in [5.74, 6) is 0.470.